The highest BCUT2D eigenvalue weighted by Gasteiger charge is 2.14. The number of para-hydroxylation sites is 1. The molecular weight excluding hydrogens is 346 g/mol. The fourth-order valence-corrected chi connectivity index (χ4v) is 3.07. The lowest BCUT2D eigenvalue weighted by atomic mass is 10.1. The SMILES string of the molecule is O=S(=O)(O)c1ccccc1N=C(/C=C/c1ccccc1)c1ccccc1. The van der Waals surface area contributed by atoms with Gasteiger partial charge in [0.1, 0.15) is 4.90 Å². The van der Waals surface area contributed by atoms with Crippen molar-refractivity contribution >= 4 is 27.6 Å². The summed E-state index contributed by atoms with van der Waals surface area (Å²) in [7, 11) is -4.36. The third-order valence-corrected chi connectivity index (χ3v) is 4.59. The van der Waals surface area contributed by atoms with Crippen LogP contribution in [0.25, 0.3) is 6.08 Å². The van der Waals surface area contributed by atoms with Crippen molar-refractivity contribution in [2.45, 2.75) is 4.90 Å². The number of allylic oxidation sites excluding steroid dienone is 1. The number of aliphatic imine (C=N–C) groups is 1. The molecule has 4 nitrogen and oxygen atoms in total. The molecule has 0 heterocycles. The summed E-state index contributed by atoms with van der Waals surface area (Å²) in [5, 5.41) is 0. The molecule has 3 aromatic carbocycles. The second-order valence-corrected chi connectivity index (χ2v) is 6.94. The van der Waals surface area contributed by atoms with Crippen LogP contribution in [0.4, 0.5) is 5.69 Å². The minimum absolute atomic E-state index is 0.187. The van der Waals surface area contributed by atoms with Crippen LogP contribution in [0.1, 0.15) is 11.1 Å². The summed E-state index contributed by atoms with van der Waals surface area (Å²) in [6.45, 7) is 0. The Morgan fingerprint density at radius 3 is 2.04 bits per heavy atom. The highest BCUT2D eigenvalue weighted by atomic mass is 32.2. The monoisotopic (exact) mass is 363 g/mol. The lowest BCUT2D eigenvalue weighted by molar-refractivity contribution is 0.483. The summed E-state index contributed by atoms with van der Waals surface area (Å²) in [5.41, 5.74) is 2.61. The van der Waals surface area contributed by atoms with E-state index < -0.39 is 10.1 Å². The van der Waals surface area contributed by atoms with Gasteiger partial charge in [-0.05, 0) is 23.8 Å². The van der Waals surface area contributed by atoms with E-state index in [0.717, 1.165) is 11.1 Å². The summed E-state index contributed by atoms with van der Waals surface area (Å²) in [6, 6.07) is 25.3. The van der Waals surface area contributed by atoms with Crippen molar-refractivity contribution in [1.82, 2.24) is 0 Å². The molecule has 0 saturated carbocycles. The minimum atomic E-state index is -4.36. The van der Waals surface area contributed by atoms with E-state index in [9.17, 15) is 13.0 Å². The van der Waals surface area contributed by atoms with Crippen LogP contribution in [0, 0.1) is 0 Å². The minimum Gasteiger partial charge on any atom is -0.282 e. The van der Waals surface area contributed by atoms with Crippen molar-refractivity contribution in [3.05, 3.63) is 102 Å². The van der Waals surface area contributed by atoms with Crippen LogP contribution >= 0.6 is 0 Å². The zero-order valence-corrected chi connectivity index (χ0v) is 14.7. The zero-order valence-electron chi connectivity index (χ0n) is 13.9. The van der Waals surface area contributed by atoms with E-state index in [1.807, 2.05) is 72.8 Å². The second kappa shape index (κ2) is 7.91. The van der Waals surface area contributed by atoms with Crippen molar-refractivity contribution in [3.8, 4) is 0 Å². The van der Waals surface area contributed by atoms with Gasteiger partial charge in [-0.15, -0.1) is 0 Å². The topological polar surface area (TPSA) is 66.7 Å². The van der Waals surface area contributed by atoms with Gasteiger partial charge >= 0.3 is 0 Å². The summed E-state index contributed by atoms with van der Waals surface area (Å²) in [5.74, 6) is 0. The van der Waals surface area contributed by atoms with Gasteiger partial charge in [0.05, 0.1) is 11.4 Å². The van der Waals surface area contributed by atoms with Crippen LogP contribution < -0.4 is 0 Å². The predicted octanol–water partition coefficient (Wildman–Crippen LogP) is 4.77. The Hall–Kier alpha value is -3.02. The molecule has 0 fully saturated rings. The van der Waals surface area contributed by atoms with Crippen LogP contribution in [-0.2, 0) is 10.1 Å². The fourth-order valence-electron chi connectivity index (χ4n) is 2.44. The van der Waals surface area contributed by atoms with Gasteiger partial charge in [0.2, 0.25) is 0 Å². The van der Waals surface area contributed by atoms with E-state index in [0.29, 0.717) is 5.71 Å². The first-order valence-corrected chi connectivity index (χ1v) is 9.42. The lowest BCUT2D eigenvalue weighted by Gasteiger charge is -2.06. The van der Waals surface area contributed by atoms with Crippen LogP contribution in [0.3, 0.4) is 0 Å². The van der Waals surface area contributed by atoms with Gasteiger partial charge in [0, 0.05) is 5.56 Å². The number of benzene rings is 3. The molecule has 3 rings (SSSR count). The molecule has 0 radical (unpaired) electrons. The first-order chi connectivity index (χ1) is 12.5. The smallest absolute Gasteiger partial charge is 0.282 e. The van der Waals surface area contributed by atoms with Gasteiger partial charge in [-0.2, -0.15) is 8.42 Å². The van der Waals surface area contributed by atoms with E-state index in [1.165, 1.54) is 6.07 Å². The van der Waals surface area contributed by atoms with Crippen molar-refractivity contribution in [1.29, 1.82) is 0 Å². The molecule has 0 unspecified atom stereocenters. The molecule has 0 aliphatic heterocycles. The molecule has 0 aromatic heterocycles. The second-order valence-electron chi connectivity index (χ2n) is 5.55. The van der Waals surface area contributed by atoms with Gasteiger partial charge in [0.15, 0.2) is 0 Å². The molecule has 1 N–H and O–H groups in total. The molecule has 0 atom stereocenters. The Balaban J connectivity index is 2.10. The Bertz CT molecular complexity index is 1040. The molecule has 26 heavy (non-hydrogen) atoms. The molecule has 3 aromatic rings. The molecule has 0 bridgehead atoms. The Morgan fingerprint density at radius 1 is 0.808 bits per heavy atom. The van der Waals surface area contributed by atoms with E-state index >= 15 is 0 Å². The van der Waals surface area contributed by atoms with Crippen LogP contribution in [-0.4, -0.2) is 18.7 Å². The Morgan fingerprint density at radius 2 is 1.38 bits per heavy atom. The fraction of sp³-hybridized carbons (Fsp3) is 0. The van der Waals surface area contributed by atoms with Gasteiger partial charge in [-0.1, -0.05) is 78.9 Å². The van der Waals surface area contributed by atoms with Gasteiger partial charge in [-0.25, -0.2) is 4.99 Å². The van der Waals surface area contributed by atoms with Crippen molar-refractivity contribution in [3.63, 3.8) is 0 Å². The van der Waals surface area contributed by atoms with Gasteiger partial charge < -0.3 is 0 Å². The number of hydrogen-bond acceptors (Lipinski definition) is 3. The number of hydrogen-bond donors (Lipinski definition) is 1. The van der Waals surface area contributed by atoms with Crippen LogP contribution in [0.2, 0.25) is 0 Å². The van der Waals surface area contributed by atoms with E-state index in [2.05, 4.69) is 4.99 Å². The lowest BCUT2D eigenvalue weighted by Crippen LogP contribution is -2.00. The maximum Gasteiger partial charge on any atom is 0.296 e. The molecule has 0 spiro atoms. The van der Waals surface area contributed by atoms with E-state index in [-0.39, 0.29) is 10.6 Å². The normalized spacial score (nSPS) is 12.4. The molecule has 0 amide bonds. The largest absolute Gasteiger partial charge is 0.296 e. The maximum atomic E-state index is 11.6. The summed E-state index contributed by atoms with van der Waals surface area (Å²) < 4.78 is 32.7. The molecule has 5 heteroatoms. The predicted molar refractivity (Wildman–Crippen MR) is 104 cm³/mol. The quantitative estimate of drug-likeness (QED) is 0.524. The zero-order chi connectivity index (χ0) is 18.4. The van der Waals surface area contributed by atoms with Crippen molar-refractivity contribution in [2.75, 3.05) is 0 Å². The standard InChI is InChI=1S/C21H17NO3S/c23-26(24,25)21-14-8-7-13-20(21)22-19(18-11-5-2-6-12-18)16-15-17-9-3-1-4-10-17/h1-16H,(H,23,24,25)/b16-15+,22-19?. The first kappa shape index (κ1) is 17.8. The van der Waals surface area contributed by atoms with Gasteiger partial charge in [0.25, 0.3) is 10.1 Å². The molecule has 0 aliphatic rings. The highest BCUT2D eigenvalue weighted by Crippen LogP contribution is 2.25. The van der Waals surface area contributed by atoms with Crippen LogP contribution in [0.5, 0.6) is 0 Å². The summed E-state index contributed by atoms with van der Waals surface area (Å²) in [4.78, 5) is 4.28. The average Bonchev–Trinajstić information content (AvgIpc) is 2.66. The molecule has 0 aliphatic carbocycles. The highest BCUT2D eigenvalue weighted by molar-refractivity contribution is 7.86. The Labute approximate surface area is 152 Å². The van der Waals surface area contributed by atoms with Crippen molar-refractivity contribution < 1.29 is 13.0 Å². The maximum absolute atomic E-state index is 11.6. The summed E-state index contributed by atoms with van der Waals surface area (Å²) in [6.07, 6.45) is 3.73. The van der Waals surface area contributed by atoms with Crippen molar-refractivity contribution in [2.24, 2.45) is 4.99 Å². The summed E-state index contributed by atoms with van der Waals surface area (Å²) >= 11 is 0. The molecule has 0 saturated heterocycles. The van der Waals surface area contributed by atoms with Crippen LogP contribution in [0.15, 0.2) is 101 Å². The first-order valence-electron chi connectivity index (χ1n) is 7.98. The average molecular weight is 363 g/mol. The molecular formula is C21H17NO3S. The number of nitrogens with zero attached hydrogens (tertiary/aromatic N) is 1. The van der Waals surface area contributed by atoms with E-state index in [4.69, 9.17) is 0 Å². The third kappa shape index (κ3) is 4.53. The third-order valence-electron chi connectivity index (χ3n) is 3.69. The van der Waals surface area contributed by atoms with Gasteiger partial charge in [-0.3, -0.25) is 4.55 Å². The number of rotatable bonds is 5. The van der Waals surface area contributed by atoms with E-state index in [1.54, 1.807) is 18.2 Å². The molecule has 130 valence electrons. The Kier molecular flexibility index (Phi) is 5.41.